The number of carbonyl (C=O) groups excluding carboxylic acids is 3. The number of imide groups is 1. The first kappa shape index (κ1) is 20.8. The second-order valence-corrected chi connectivity index (χ2v) is 11.7. The Balaban J connectivity index is 1.43. The quantitative estimate of drug-likeness (QED) is 0.323. The number of rotatable bonds is 4. The van der Waals surface area contributed by atoms with Gasteiger partial charge in [0.1, 0.15) is 12.6 Å². The third-order valence-electron chi connectivity index (χ3n) is 7.61. The van der Waals surface area contributed by atoms with E-state index < -0.39 is 5.97 Å². The Morgan fingerprint density at radius 2 is 1.64 bits per heavy atom. The number of amides is 2. The maximum atomic E-state index is 13.0. The fraction of sp³-hybridized carbons (Fsp3) is 0.857. The lowest BCUT2D eigenvalue weighted by Gasteiger charge is -2.36. The van der Waals surface area contributed by atoms with Gasteiger partial charge >= 0.3 is 5.97 Å². The van der Waals surface area contributed by atoms with Crippen LogP contribution in [0.15, 0.2) is 0 Å². The van der Waals surface area contributed by atoms with Crippen LogP contribution in [0.25, 0.3) is 0 Å². The molecule has 2 bridgehead atoms. The number of halogens is 2. The van der Waals surface area contributed by atoms with E-state index in [1.165, 1.54) is 4.90 Å². The monoisotopic (exact) mass is 517 g/mol. The van der Waals surface area contributed by atoms with Gasteiger partial charge in [-0.15, -0.1) is 0 Å². The van der Waals surface area contributed by atoms with Crippen molar-refractivity contribution >= 4 is 49.6 Å². The van der Waals surface area contributed by atoms with Crippen LogP contribution in [0.2, 0.25) is 0 Å². The molecule has 7 heteroatoms. The Morgan fingerprint density at radius 3 is 2.18 bits per heavy atom. The van der Waals surface area contributed by atoms with Crippen LogP contribution in [0.4, 0.5) is 0 Å². The summed E-state index contributed by atoms with van der Waals surface area (Å²) in [6.07, 6.45) is 3.87. The summed E-state index contributed by atoms with van der Waals surface area (Å²) in [6.45, 7) is 6.29. The van der Waals surface area contributed by atoms with Crippen LogP contribution in [-0.2, 0) is 19.1 Å². The smallest absolute Gasteiger partial charge is 0.326 e. The van der Waals surface area contributed by atoms with Crippen molar-refractivity contribution in [2.45, 2.75) is 62.2 Å². The number of nitrogens with zero attached hydrogens (tertiary/aromatic N) is 1. The zero-order chi connectivity index (χ0) is 20.3. The zero-order valence-electron chi connectivity index (χ0n) is 16.6. The van der Waals surface area contributed by atoms with Crippen molar-refractivity contribution in [1.29, 1.82) is 0 Å². The van der Waals surface area contributed by atoms with Crippen LogP contribution in [0.1, 0.15) is 46.5 Å². The van der Waals surface area contributed by atoms with Gasteiger partial charge in [0, 0.05) is 9.65 Å². The topological polar surface area (TPSA) is 63.7 Å². The average Bonchev–Trinajstić information content (AvgIpc) is 3.22. The van der Waals surface area contributed by atoms with Gasteiger partial charge in [-0.3, -0.25) is 19.3 Å². The van der Waals surface area contributed by atoms with Gasteiger partial charge in [0.2, 0.25) is 11.8 Å². The van der Waals surface area contributed by atoms with Gasteiger partial charge in [0.25, 0.3) is 0 Å². The molecule has 0 aromatic heterocycles. The van der Waals surface area contributed by atoms with E-state index in [1.54, 1.807) is 0 Å². The molecule has 9 atom stereocenters. The first-order valence-electron chi connectivity index (χ1n) is 10.5. The standard InChI is InChI=1S/C21H29Br2NO4/c1-9(2)11-5-4-10(3)6-14(11)28-15(25)8-24-20(26)16-12-7-13(17(16)21(24)27)19(23)18(12)22/h9-14,16-19H,4-8H2,1-3H3/t10-,11-,12-,13+,14+,16+,17-,18+,19-/m0/s1. The summed E-state index contributed by atoms with van der Waals surface area (Å²) < 4.78 is 5.82. The maximum Gasteiger partial charge on any atom is 0.326 e. The molecule has 0 N–H and O–H groups in total. The van der Waals surface area contributed by atoms with Crippen molar-refractivity contribution in [3.8, 4) is 0 Å². The van der Waals surface area contributed by atoms with Crippen molar-refractivity contribution in [3.05, 3.63) is 0 Å². The van der Waals surface area contributed by atoms with Gasteiger partial charge in [-0.25, -0.2) is 0 Å². The van der Waals surface area contributed by atoms with E-state index >= 15 is 0 Å². The van der Waals surface area contributed by atoms with Crippen molar-refractivity contribution in [2.24, 2.45) is 41.4 Å². The van der Waals surface area contributed by atoms with Gasteiger partial charge in [-0.2, -0.15) is 0 Å². The van der Waals surface area contributed by atoms with E-state index in [1.807, 2.05) is 0 Å². The molecule has 4 aliphatic rings. The summed E-state index contributed by atoms with van der Waals surface area (Å²) in [6, 6.07) is 0. The molecule has 0 aromatic carbocycles. The molecule has 1 heterocycles. The molecular weight excluding hydrogens is 490 g/mol. The molecule has 4 fully saturated rings. The zero-order valence-corrected chi connectivity index (χ0v) is 19.8. The Bertz CT molecular complexity index is 651. The molecule has 0 aromatic rings. The molecule has 0 unspecified atom stereocenters. The second kappa shape index (κ2) is 7.68. The fourth-order valence-corrected chi connectivity index (χ4v) is 8.03. The highest BCUT2D eigenvalue weighted by molar-refractivity contribution is 9.12. The molecule has 2 amide bonds. The number of esters is 1. The summed E-state index contributed by atoms with van der Waals surface area (Å²) in [5.41, 5.74) is 0. The average molecular weight is 519 g/mol. The molecular formula is C21H29Br2NO4. The fourth-order valence-electron chi connectivity index (χ4n) is 6.15. The molecule has 3 saturated carbocycles. The lowest BCUT2D eigenvalue weighted by molar-refractivity contribution is -0.162. The van der Waals surface area contributed by atoms with E-state index in [-0.39, 0.29) is 57.8 Å². The molecule has 156 valence electrons. The minimum atomic E-state index is -0.440. The normalized spacial score (nSPS) is 45.1. The van der Waals surface area contributed by atoms with Gasteiger partial charge in [0.05, 0.1) is 11.8 Å². The van der Waals surface area contributed by atoms with E-state index in [4.69, 9.17) is 4.74 Å². The summed E-state index contributed by atoms with van der Waals surface area (Å²) in [5.74, 6) is 0.312. The Hall–Kier alpha value is -0.430. The summed E-state index contributed by atoms with van der Waals surface area (Å²) >= 11 is 7.37. The molecule has 4 rings (SSSR count). The third kappa shape index (κ3) is 3.28. The van der Waals surface area contributed by atoms with E-state index in [0.29, 0.717) is 17.8 Å². The van der Waals surface area contributed by atoms with Gasteiger partial charge in [-0.1, -0.05) is 59.1 Å². The van der Waals surface area contributed by atoms with Crippen molar-refractivity contribution < 1.29 is 19.1 Å². The van der Waals surface area contributed by atoms with Crippen molar-refractivity contribution in [3.63, 3.8) is 0 Å². The minimum Gasteiger partial charge on any atom is -0.461 e. The highest BCUT2D eigenvalue weighted by Crippen LogP contribution is 2.60. The highest BCUT2D eigenvalue weighted by Gasteiger charge is 2.66. The number of hydrogen-bond acceptors (Lipinski definition) is 4. The lowest BCUT2D eigenvalue weighted by atomic mass is 9.75. The third-order valence-corrected chi connectivity index (χ3v) is 10.8. The first-order valence-corrected chi connectivity index (χ1v) is 12.4. The molecule has 1 saturated heterocycles. The van der Waals surface area contributed by atoms with Gasteiger partial charge in [-0.05, 0) is 48.9 Å². The predicted octanol–water partition coefficient (Wildman–Crippen LogP) is 3.77. The van der Waals surface area contributed by atoms with E-state index in [2.05, 4.69) is 52.6 Å². The molecule has 5 nitrogen and oxygen atoms in total. The predicted molar refractivity (Wildman–Crippen MR) is 112 cm³/mol. The van der Waals surface area contributed by atoms with Gasteiger partial charge in [0.15, 0.2) is 0 Å². The maximum absolute atomic E-state index is 13.0. The minimum absolute atomic E-state index is 0.112. The largest absolute Gasteiger partial charge is 0.461 e. The van der Waals surface area contributed by atoms with Crippen LogP contribution < -0.4 is 0 Å². The Kier molecular flexibility index (Phi) is 5.71. The molecule has 0 spiro atoms. The highest BCUT2D eigenvalue weighted by atomic mass is 79.9. The number of alkyl halides is 2. The van der Waals surface area contributed by atoms with Crippen LogP contribution >= 0.6 is 31.9 Å². The number of likely N-dealkylation sites (tertiary alicyclic amines) is 1. The first-order chi connectivity index (χ1) is 13.2. The molecule has 28 heavy (non-hydrogen) atoms. The number of fused-ring (bicyclic) bond motifs is 5. The van der Waals surface area contributed by atoms with Crippen molar-refractivity contribution in [2.75, 3.05) is 6.54 Å². The molecule has 1 aliphatic heterocycles. The number of carbonyl (C=O) groups is 3. The van der Waals surface area contributed by atoms with E-state index in [9.17, 15) is 14.4 Å². The van der Waals surface area contributed by atoms with E-state index in [0.717, 1.165) is 25.7 Å². The van der Waals surface area contributed by atoms with Crippen LogP contribution in [0.5, 0.6) is 0 Å². The van der Waals surface area contributed by atoms with Gasteiger partial charge < -0.3 is 4.74 Å². The molecule has 3 aliphatic carbocycles. The number of hydrogen-bond donors (Lipinski definition) is 0. The van der Waals surface area contributed by atoms with Crippen LogP contribution in [0.3, 0.4) is 0 Å². The second-order valence-electron chi connectivity index (χ2n) is 9.62. The lowest BCUT2D eigenvalue weighted by Crippen LogP contribution is -2.41. The summed E-state index contributed by atoms with van der Waals surface area (Å²) in [4.78, 5) is 40.2. The van der Waals surface area contributed by atoms with Crippen molar-refractivity contribution in [1.82, 2.24) is 4.90 Å². The summed E-state index contributed by atoms with van der Waals surface area (Å²) in [5, 5.41) is 0. The van der Waals surface area contributed by atoms with Crippen LogP contribution in [0, 0.1) is 41.4 Å². The number of ether oxygens (including phenoxy) is 1. The summed E-state index contributed by atoms with van der Waals surface area (Å²) in [7, 11) is 0. The Morgan fingerprint density at radius 1 is 1.07 bits per heavy atom. The SMILES string of the molecule is CC(C)[C@@H]1CC[C@H](C)C[C@H]1OC(=O)CN1C(=O)[C@@H]2[C@@H]3C[C@@H]([C@H](Br)[C@@H]3Br)[C@@H]2C1=O. The Labute approximate surface area is 183 Å². The molecule has 0 radical (unpaired) electrons. The van der Waals surface area contributed by atoms with Crippen LogP contribution in [-0.4, -0.2) is 45.0 Å².